The minimum absolute atomic E-state index is 0. The van der Waals surface area contributed by atoms with E-state index in [1.165, 1.54) is 0 Å². The number of aliphatic hydroxyl groups is 1. The van der Waals surface area contributed by atoms with Gasteiger partial charge in [0.25, 0.3) is 0 Å². The van der Waals surface area contributed by atoms with E-state index >= 15 is 0 Å². The van der Waals surface area contributed by atoms with Crippen LogP contribution >= 0.6 is 0 Å². The fourth-order valence-electron chi connectivity index (χ4n) is 0.0702. The maximum Gasteiger partial charge on any atom is 1.00 e. The Morgan fingerprint density at radius 3 is 1.33 bits per heavy atom. The van der Waals surface area contributed by atoms with Gasteiger partial charge >= 0.3 is 72.2 Å². The summed E-state index contributed by atoms with van der Waals surface area (Å²) in [5, 5.41) is 7.75. The average Bonchev–Trinajstić information content (AvgIpc) is 1.99. The summed E-state index contributed by atoms with van der Waals surface area (Å²) < 4.78 is 58.9. The van der Waals surface area contributed by atoms with E-state index < -0.39 is 20.8 Å². The maximum atomic E-state index is 9.51. The van der Waals surface area contributed by atoms with Crippen LogP contribution in [0.25, 0.3) is 0 Å². The van der Waals surface area contributed by atoms with Crippen LogP contribution in [0.2, 0.25) is 0 Å². The Morgan fingerprint density at radius 2 is 1.27 bits per heavy atom. The summed E-state index contributed by atoms with van der Waals surface area (Å²) in [5.74, 6) is 0. The molecule has 0 saturated carbocycles. The summed E-state index contributed by atoms with van der Waals surface area (Å²) in [4.78, 5) is 0. The van der Waals surface area contributed by atoms with Crippen LogP contribution in [-0.2, 0) is 29.5 Å². The normalized spacial score (nSPS) is 10.9. The second-order valence-electron chi connectivity index (χ2n) is 1.50. The van der Waals surface area contributed by atoms with Gasteiger partial charge in [-0.05, 0) is 0 Å². The summed E-state index contributed by atoms with van der Waals surface area (Å²) in [6, 6.07) is 0. The van der Waals surface area contributed by atoms with Gasteiger partial charge in [-0.25, -0.2) is 0 Å². The fraction of sp³-hybridized carbons (Fsp3) is 1.00. The van der Waals surface area contributed by atoms with Gasteiger partial charge in [0.2, 0.25) is 0 Å². The molecule has 13 heteroatoms. The first-order valence-corrected chi connectivity index (χ1v) is 5.49. The third-order valence-corrected chi connectivity index (χ3v) is 0.895. The minimum atomic E-state index is -5.02. The van der Waals surface area contributed by atoms with Crippen molar-refractivity contribution in [2.24, 2.45) is 5.73 Å². The summed E-state index contributed by atoms with van der Waals surface area (Å²) in [5.41, 5.74) is 4.78. The molecule has 0 bridgehead atoms. The van der Waals surface area contributed by atoms with Crippen LogP contribution in [0.5, 0.6) is 0 Å². The molecule has 0 aliphatic carbocycles. The molecule has 10 nitrogen and oxygen atoms in total. The van der Waals surface area contributed by atoms with Crippen molar-refractivity contribution < 1.29 is 92.5 Å². The maximum absolute atomic E-state index is 9.51. The van der Waals surface area contributed by atoms with E-state index in [0.717, 1.165) is 0 Å². The van der Waals surface area contributed by atoms with Crippen LogP contribution in [-0.4, -0.2) is 44.2 Å². The van der Waals surface area contributed by atoms with Crippen molar-refractivity contribution in [2.45, 2.75) is 0 Å². The summed E-state index contributed by atoms with van der Waals surface area (Å²) >= 11 is 0. The van der Waals surface area contributed by atoms with Crippen molar-refractivity contribution in [1.29, 1.82) is 0 Å². The van der Waals surface area contributed by atoms with E-state index in [1.807, 2.05) is 0 Å². The topological polar surface area (TPSA) is 173 Å². The number of aliphatic hydroxyl groups excluding tert-OH is 1. The predicted molar refractivity (Wildman–Crippen MR) is 42.5 cm³/mol. The van der Waals surface area contributed by atoms with Gasteiger partial charge in [0.15, 0.2) is 0 Å². The van der Waals surface area contributed by atoms with Crippen LogP contribution in [0.15, 0.2) is 0 Å². The van der Waals surface area contributed by atoms with E-state index in [-0.39, 0.29) is 59.4 Å². The van der Waals surface area contributed by atoms with Crippen molar-refractivity contribution >= 4 is 20.8 Å². The molecule has 0 radical (unpaired) electrons. The molecule has 0 rings (SSSR count). The second-order valence-corrected chi connectivity index (χ2v) is 3.49. The molecule has 5 N–H and O–H groups in total. The van der Waals surface area contributed by atoms with Crippen LogP contribution in [0.4, 0.5) is 0 Å². The molecular weight excluding hydrogens is 285 g/mol. The Balaban J connectivity index is -0.000000105. The van der Waals surface area contributed by atoms with Crippen LogP contribution in [0, 0.1) is 0 Å². The molecule has 0 atom stereocenters. The van der Waals surface area contributed by atoms with Gasteiger partial charge in [-0.2, -0.15) is 16.8 Å². The van der Waals surface area contributed by atoms with E-state index in [1.54, 1.807) is 0 Å². The molecule has 0 aromatic heterocycles. The largest absolute Gasteiger partial charge is 1.00 e. The van der Waals surface area contributed by atoms with Crippen LogP contribution in [0.3, 0.4) is 0 Å². The van der Waals surface area contributed by atoms with Gasteiger partial charge in [-0.3, -0.25) is 9.11 Å². The zero-order valence-electron chi connectivity index (χ0n) is 8.60. The zero-order valence-corrected chi connectivity index (χ0v) is 12.4. The first kappa shape index (κ1) is 21.6. The SMILES string of the molecule is NCCO.O=S(=O)(O)OOS(=O)(=O)O.[H-].[K+]. The Kier molecular flexibility index (Phi) is 15.0. The first-order chi connectivity index (χ1) is 6.12. The molecule has 0 aliphatic heterocycles. The molecule has 0 aliphatic rings. The standard InChI is InChI=1S/C2H7NO.K.H2O8S2.H/c3-1-2-4;;1-9(2,3)7-8-10(4,5)6;/h4H,1-3H2;;(H,1,2,3)(H,4,5,6);/q;+1;;-1. The average molecular weight is 295 g/mol. The van der Waals surface area contributed by atoms with E-state index in [9.17, 15) is 16.8 Å². The van der Waals surface area contributed by atoms with E-state index in [0.29, 0.717) is 6.54 Å². The summed E-state index contributed by atoms with van der Waals surface area (Å²) in [6.07, 6.45) is 0. The van der Waals surface area contributed by atoms with Crippen molar-refractivity contribution in [3.05, 3.63) is 0 Å². The van der Waals surface area contributed by atoms with Crippen molar-refractivity contribution in [2.75, 3.05) is 13.2 Å². The molecule has 15 heavy (non-hydrogen) atoms. The molecule has 0 amide bonds. The molecular formula is C2H10KNO9S2. The molecule has 0 heterocycles. The van der Waals surface area contributed by atoms with Gasteiger partial charge in [0.1, 0.15) is 0 Å². The predicted octanol–water partition coefficient (Wildman–Crippen LogP) is -5.41. The molecule has 0 unspecified atom stereocenters. The van der Waals surface area contributed by atoms with E-state index in [4.69, 9.17) is 19.9 Å². The van der Waals surface area contributed by atoms with Crippen LogP contribution < -0.4 is 57.1 Å². The summed E-state index contributed by atoms with van der Waals surface area (Å²) in [6.45, 7) is 0.472. The van der Waals surface area contributed by atoms with E-state index in [2.05, 4.69) is 8.67 Å². The Hall–Kier alpha value is 1.30. The van der Waals surface area contributed by atoms with Crippen LogP contribution in [0.1, 0.15) is 1.43 Å². The minimum Gasteiger partial charge on any atom is -1.00 e. The van der Waals surface area contributed by atoms with Gasteiger partial charge in [-0.1, -0.05) is 8.67 Å². The quantitative estimate of drug-likeness (QED) is 0.169. The molecule has 0 saturated heterocycles. The number of hydrogen-bond acceptors (Lipinski definition) is 8. The number of rotatable bonds is 4. The van der Waals surface area contributed by atoms with Gasteiger partial charge in [-0.15, -0.1) is 0 Å². The summed E-state index contributed by atoms with van der Waals surface area (Å²) in [7, 11) is -10.0. The molecule has 0 spiro atoms. The molecule has 0 aromatic carbocycles. The van der Waals surface area contributed by atoms with Crippen molar-refractivity contribution in [3.8, 4) is 0 Å². The first-order valence-electron chi connectivity index (χ1n) is 2.76. The Bertz CT molecular complexity index is 291. The third-order valence-electron chi connectivity index (χ3n) is 0.329. The van der Waals surface area contributed by atoms with Gasteiger partial charge in [0, 0.05) is 6.54 Å². The monoisotopic (exact) mass is 295 g/mol. The number of hydrogen-bond donors (Lipinski definition) is 4. The fourth-order valence-corrected chi connectivity index (χ4v) is 0.632. The third kappa shape index (κ3) is 31.3. The number of nitrogens with two attached hydrogens (primary N) is 1. The molecule has 0 fully saturated rings. The second kappa shape index (κ2) is 10.5. The Labute approximate surface area is 130 Å². The molecule has 90 valence electrons. The van der Waals surface area contributed by atoms with Crippen molar-refractivity contribution in [3.63, 3.8) is 0 Å². The van der Waals surface area contributed by atoms with Gasteiger partial charge in [0.05, 0.1) is 6.61 Å². The zero-order chi connectivity index (χ0) is 11.8. The van der Waals surface area contributed by atoms with Gasteiger partial charge < -0.3 is 12.3 Å². The van der Waals surface area contributed by atoms with Crippen molar-refractivity contribution in [1.82, 2.24) is 0 Å². The molecule has 0 aromatic rings. The Morgan fingerprint density at radius 1 is 1.07 bits per heavy atom. The smallest absolute Gasteiger partial charge is 1.00 e.